The van der Waals surface area contributed by atoms with Crippen LogP contribution >= 0.6 is 0 Å². The van der Waals surface area contributed by atoms with E-state index in [9.17, 15) is 9.59 Å². The molecule has 0 radical (unpaired) electrons. The van der Waals surface area contributed by atoms with Crippen molar-refractivity contribution in [1.82, 2.24) is 10.2 Å². The molecule has 0 saturated carbocycles. The second-order valence-electron chi connectivity index (χ2n) is 4.90. The van der Waals surface area contributed by atoms with Crippen molar-refractivity contribution in [3.05, 3.63) is 35.4 Å². The Morgan fingerprint density at radius 1 is 1.30 bits per heavy atom. The lowest BCUT2D eigenvalue weighted by Crippen LogP contribution is -2.40. The molecule has 0 bridgehead atoms. The fourth-order valence-electron chi connectivity index (χ4n) is 1.95. The Morgan fingerprint density at radius 3 is 2.45 bits per heavy atom. The first-order valence-corrected chi connectivity index (χ1v) is 6.74. The summed E-state index contributed by atoms with van der Waals surface area (Å²) < 4.78 is 0. The van der Waals surface area contributed by atoms with E-state index in [4.69, 9.17) is 5.11 Å². The molecule has 0 saturated heterocycles. The number of urea groups is 1. The molecule has 0 fully saturated rings. The molecule has 1 rings (SSSR count). The number of carboxylic acids is 1. The van der Waals surface area contributed by atoms with Gasteiger partial charge in [-0.1, -0.05) is 38.1 Å². The van der Waals surface area contributed by atoms with E-state index in [0.29, 0.717) is 6.54 Å². The number of nitrogens with one attached hydrogen (secondary N) is 1. The maximum absolute atomic E-state index is 11.9. The third kappa shape index (κ3) is 4.57. The Morgan fingerprint density at radius 2 is 1.90 bits per heavy atom. The number of carbonyl (C=O) groups excluding carboxylic acids is 1. The first-order chi connectivity index (χ1) is 9.45. The van der Waals surface area contributed by atoms with Crippen molar-refractivity contribution >= 4 is 12.0 Å². The number of hydrogen-bond donors (Lipinski definition) is 2. The van der Waals surface area contributed by atoms with E-state index in [-0.39, 0.29) is 12.6 Å². The number of amides is 2. The van der Waals surface area contributed by atoms with E-state index < -0.39 is 11.9 Å². The Balaban J connectivity index is 2.52. The number of carboxylic acid groups (broad SMARTS) is 1. The second-order valence-corrected chi connectivity index (χ2v) is 4.90. The highest BCUT2D eigenvalue weighted by Crippen LogP contribution is 2.09. The zero-order chi connectivity index (χ0) is 15.1. The van der Waals surface area contributed by atoms with Crippen molar-refractivity contribution in [3.63, 3.8) is 0 Å². The van der Waals surface area contributed by atoms with Gasteiger partial charge in [-0.15, -0.1) is 0 Å². The lowest BCUT2D eigenvalue weighted by Gasteiger charge is -2.20. The number of aliphatic carboxylic acids is 1. The minimum absolute atomic E-state index is 0.191. The van der Waals surface area contributed by atoms with Crippen LogP contribution in [0.25, 0.3) is 0 Å². The van der Waals surface area contributed by atoms with Crippen LogP contribution in [0.3, 0.4) is 0 Å². The lowest BCUT2D eigenvalue weighted by atomic mass is 10.1. The van der Waals surface area contributed by atoms with E-state index in [1.54, 1.807) is 14.0 Å². The predicted molar refractivity (Wildman–Crippen MR) is 77.5 cm³/mol. The minimum Gasteiger partial charge on any atom is -0.481 e. The third-order valence-electron chi connectivity index (χ3n) is 3.25. The van der Waals surface area contributed by atoms with Gasteiger partial charge in [0.1, 0.15) is 0 Å². The van der Waals surface area contributed by atoms with Crippen LogP contribution in [0.2, 0.25) is 0 Å². The van der Waals surface area contributed by atoms with Gasteiger partial charge in [0.2, 0.25) is 0 Å². The van der Waals surface area contributed by atoms with Crippen molar-refractivity contribution < 1.29 is 14.7 Å². The molecular weight excluding hydrogens is 256 g/mol. The molecule has 0 aliphatic heterocycles. The molecule has 0 aliphatic rings. The number of hydrogen-bond acceptors (Lipinski definition) is 2. The molecule has 2 amide bonds. The molecule has 5 heteroatoms. The summed E-state index contributed by atoms with van der Waals surface area (Å²) in [5.41, 5.74) is 2.29. The van der Waals surface area contributed by atoms with Crippen molar-refractivity contribution in [2.24, 2.45) is 5.92 Å². The smallest absolute Gasteiger partial charge is 0.317 e. The molecule has 0 aliphatic carbocycles. The Bertz CT molecular complexity index is 474. The highest BCUT2D eigenvalue weighted by atomic mass is 16.4. The molecule has 110 valence electrons. The quantitative estimate of drug-likeness (QED) is 0.837. The highest BCUT2D eigenvalue weighted by Gasteiger charge is 2.17. The summed E-state index contributed by atoms with van der Waals surface area (Å²) in [6.07, 6.45) is 0.915. The third-order valence-corrected chi connectivity index (χ3v) is 3.25. The average Bonchev–Trinajstić information content (AvgIpc) is 2.44. The molecule has 20 heavy (non-hydrogen) atoms. The molecule has 0 spiro atoms. The number of benzene rings is 1. The molecule has 1 atom stereocenters. The Hall–Kier alpha value is -2.04. The summed E-state index contributed by atoms with van der Waals surface area (Å²) >= 11 is 0. The lowest BCUT2D eigenvalue weighted by molar-refractivity contribution is -0.141. The van der Waals surface area contributed by atoms with Gasteiger partial charge in [0, 0.05) is 20.1 Å². The molecule has 1 unspecified atom stereocenters. The van der Waals surface area contributed by atoms with E-state index in [2.05, 4.69) is 12.2 Å². The van der Waals surface area contributed by atoms with Crippen LogP contribution in [0.5, 0.6) is 0 Å². The van der Waals surface area contributed by atoms with Crippen LogP contribution in [-0.2, 0) is 17.8 Å². The summed E-state index contributed by atoms with van der Waals surface area (Å²) in [5, 5.41) is 11.6. The summed E-state index contributed by atoms with van der Waals surface area (Å²) in [6, 6.07) is 7.68. The topological polar surface area (TPSA) is 69.6 Å². The second kappa shape index (κ2) is 7.53. The van der Waals surface area contributed by atoms with E-state index >= 15 is 0 Å². The zero-order valence-electron chi connectivity index (χ0n) is 12.2. The maximum atomic E-state index is 11.9. The van der Waals surface area contributed by atoms with Crippen molar-refractivity contribution in [2.45, 2.75) is 26.8 Å². The SMILES string of the molecule is CCc1ccccc1CNC(=O)N(C)CC(C)C(=O)O. The molecule has 2 N–H and O–H groups in total. The van der Waals surface area contributed by atoms with Crippen LogP contribution in [0, 0.1) is 5.92 Å². The number of carbonyl (C=O) groups is 2. The molecule has 1 aromatic rings. The van der Waals surface area contributed by atoms with Gasteiger partial charge in [-0.3, -0.25) is 4.79 Å². The standard InChI is InChI=1S/C15H22N2O3/c1-4-12-7-5-6-8-13(12)9-16-15(20)17(3)10-11(2)14(18)19/h5-8,11H,4,9-10H2,1-3H3,(H,16,20)(H,18,19). The van der Waals surface area contributed by atoms with Gasteiger partial charge in [0.15, 0.2) is 0 Å². The zero-order valence-corrected chi connectivity index (χ0v) is 12.2. The van der Waals surface area contributed by atoms with Crippen LogP contribution in [0.4, 0.5) is 4.79 Å². The maximum Gasteiger partial charge on any atom is 0.317 e. The largest absolute Gasteiger partial charge is 0.481 e. The molecule has 0 aromatic heterocycles. The number of rotatable bonds is 6. The van der Waals surface area contributed by atoms with Crippen molar-refractivity contribution in [1.29, 1.82) is 0 Å². The summed E-state index contributed by atoms with van der Waals surface area (Å²) in [7, 11) is 1.60. The van der Waals surface area contributed by atoms with E-state index in [0.717, 1.165) is 12.0 Å². The Labute approximate surface area is 119 Å². The molecule has 1 aromatic carbocycles. The fourth-order valence-corrected chi connectivity index (χ4v) is 1.95. The van der Waals surface area contributed by atoms with Crippen LogP contribution in [-0.4, -0.2) is 35.6 Å². The van der Waals surface area contributed by atoms with Crippen LogP contribution < -0.4 is 5.32 Å². The minimum atomic E-state index is -0.902. The fraction of sp³-hybridized carbons (Fsp3) is 0.467. The highest BCUT2D eigenvalue weighted by molar-refractivity contribution is 5.75. The van der Waals surface area contributed by atoms with Gasteiger partial charge in [0.25, 0.3) is 0 Å². The van der Waals surface area contributed by atoms with E-state index in [1.807, 2.05) is 24.3 Å². The summed E-state index contributed by atoms with van der Waals surface area (Å²) in [5.74, 6) is -1.48. The molecule has 0 heterocycles. The molecule has 5 nitrogen and oxygen atoms in total. The Kier molecular flexibility index (Phi) is 6.03. The van der Waals surface area contributed by atoms with Gasteiger partial charge >= 0.3 is 12.0 Å². The van der Waals surface area contributed by atoms with Gasteiger partial charge in [0.05, 0.1) is 5.92 Å². The molecular formula is C15H22N2O3. The number of nitrogens with zero attached hydrogens (tertiary/aromatic N) is 1. The van der Waals surface area contributed by atoms with Crippen molar-refractivity contribution in [3.8, 4) is 0 Å². The van der Waals surface area contributed by atoms with Gasteiger partial charge in [-0.05, 0) is 17.5 Å². The number of aryl methyl sites for hydroxylation is 1. The predicted octanol–water partition coefficient (Wildman–Crippen LogP) is 2.11. The van der Waals surface area contributed by atoms with Crippen LogP contribution in [0.15, 0.2) is 24.3 Å². The van der Waals surface area contributed by atoms with E-state index in [1.165, 1.54) is 10.5 Å². The van der Waals surface area contributed by atoms with Gasteiger partial charge in [-0.2, -0.15) is 0 Å². The summed E-state index contributed by atoms with van der Waals surface area (Å²) in [4.78, 5) is 24.1. The summed E-state index contributed by atoms with van der Waals surface area (Å²) in [6.45, 7) is 4.30. The average molecular weight is 278 g/mol. The van der Waals surface area contributed by atoms with Crippen LogP contribution in [0.1, 0.15) is 25.0 Å². The van der Waals surface area contributed by atoms with Crippen molar-refractivity contribution in [2.75, 3.05) is 13.6 Å². The first-order valence-electron chi connectivity index (χ1n) is 6.74. The van der Waals surface area contributed by atoms with Gasteiger partial charge in [-0.25, -0.2) is 4.79 Å². The monoisotopic (exact) mass is 278 g/mol. The van der Waals surface area contributed by atoms with Gasteiger partial charge < -0.3 is 15.3 Å². The normalized spacial score (nSPS) is 11.8. The first kappa shape index (κ1) is 16.0.